The lowest BCUT2D eigenvalue weighted by Gasteiger charge is -2.01. The fourth-order valence-electron chi connectivity index (χ4n) is 1.55. The van der Waals surface area contributed by atoms with Gasteiger partial charge in [0.15, 0.2) is 0 Å². The molecule has 0 spiro atoms. The van der Waals surface area contributed by atoms with Crippen molar-refractivity contribution in [3.63, 3.8) is 0 Å². The molecule has 0 aromatic carbocycles. The number of carboxylic acid groups (broad SMARTS) is 1. The molecular formula is C12H12N2O3S. The average molecular weight is 264 g/mol. The third-order valence-corrected chi connectivity index (χ3v) is 3.33. The molecule has 94 valence electrons. The van der Waals surface area contributed by atoms with Gasteiger partial charge in [-0.15, -0.1) is 11.3 Å². The van der Waals surface area contributed by atoms with E-state index in [1.54, 1.807) is 11.3 Å². The molecule has 2 heterocycles. The molecule has 0 radical (unpaired) electrons. The Kier molecular flexibility index (Phi) is 3.88. The maximum Gasteiger partial charge on any atom is 0.303 e. The minimum absolute atomic E-state index is 0.0605. The van der Waals surface area contributed by atoms with Gasteiger partial charge in [0.1, 0.15) is 5.82 Å². The molecule has 18 heavy (non-hydrogen) atoms. The predicted molar refractivity (Wildman–Crippen MR) is 67.9 cm³/mol. The smallest absolute Gasteiger partial charge is 0.303 e. The number of carboxylic acids is 1. The van der Waals surface area contributed by atoms with E-state index in [4.69, 9.17) is 5.11 Å². The highest BCUT2D eigenvalue weighted by molar-refractivity contribution is 7.09. The first-order chi connectivity index (χ1) is 8.65. The number of rotatable bonds is 5. The van der Waals surface area contributed by atoms with Gasteiger partial charge in [0.2, 0.25) is 0 Å². The van der Waals surface area contributed by atoms with Crippen LogP contribution in [0.4, 0.5) is 0 Å². The molecule has 5 nitrogen and oxygen atoms in total. The Balaban J connectivity index is 2.10. The second kappa shape index (κ2) is 5.59. The number of aliphatic carboxylic acids is 1. The van der Waals surface area contributed by atoms with Crippen molar-refractivity contribution < 1.29 is 9.90 Å². The van der Waals surface area contributed by atoms with E-state index in [1.807, 2.05) is 17.5 Å². The van der Waals surface area contributed by atoms with Crippen LogP contribution >= 0.6 is 11.3 Å². The number of aromatic nitrogens is 2. The topological polar surface area (TPSA) is 83.0 Å². The van der Waals surface area contributed by atoms with Crippen molar-refractivity contribution in [1.29, 1.82) is 0 Å². The summed E-state index contributed by atoms with van der Waals surface area (Å²) in [5.74, 6) is -0.321. The number of hydrogen-bond donors (Lipinski definition) is 2. The third-order valence-electron chi connectivity index (χ3n) is 2.46. The first-order valence-corrected chi connectivity index (χ1v) is 6.34. The molecule has 6 heteroatoms. The van der Waals surface area contributed by atoms with Crippen LogP contribution in [-0.2, 0) is 17.6 Å². The summed E-state index contributed by atoms with van der Waals surface area (Å²) in [6.45, 7) is 0. The summed E-state index contributed by atoms with van der Waals surface area (Å²) in [7, 11) is 0. The van der Waals surface area contributed by atoms with Gasteiger partial charge in [-0.1, -0.05) is 6.07 Å². The zero-order valence-corrected chi connectivity index (χ0v) is 10.4. The van der Waals surface area contributed by atoms with E-state index in [1.165, 1.54) is 6.20 Å². The Morgan fingerprint density at radius 3 is 2.94 bits per heavy atom. The molecule has 0 aliphatic heterocycles. The molecule has 0 atom stereocenters. The van der Waals surface area contributed by atoms with Gasteiger partial charge >= 0.3 is 5.97 Å². The van der Waals surface area contributed by atoms with E-state index >= 15 is 0 Å². The van der Waals surface area contributed by atoms with Crippen LogP contribution in [0.3, 0.4) is 0 Å². The van der Waals surface area contributed by atoms with Gasteiger partial charge in [0, 0.05) is 29.5 Å². The van der Waals surface area contributed by atoms with Crippen molar-refractivity contribution in [3.8, 4) is 0 Å². The van der Waals surface area contributed by atoms with Gasteiger partial charge in [0.25, 0.3) is 5.56 Å². The number of thiophene rings is 1. The number of nitrogens with one attached hydrogen (secondary N) is 1. The highest BCUT2D eigenvalue weighted by Crippen LogP contribution is 2.11. The first kappa shape index (κ1) is 12.5. The number of H-pyrrole nitrogens is 1. The summed E-state index contributed by atoms with van der Waals surface area (Å²) in [5, 5.41) is 10.5. The fourth-order valence-corrected chi connectivity index (χ4v) is 2.25. The fraction of sp³-hybridized carbons (Fsp3) is 0.250. The molecule has 0 fully saturated rings. The highest BCUT2D eigenvalue weighted by Gasteiger charge is 2.06. The third kappa shape index (κ3) is 3.27. The van der Waals surface area contributed by atoms with Crippen LogP contribution in [0, 0.1) is 0 Å². The van der Waals surface area contributed by atoms with E-state index in [0.29, 0.717) is 17.8 Å². The number of aromatic amines is 1. The monoisotopic (exact) mass is 264 g/mol. The lowest BCUT2D eigenvalue weighted by atomic mass is 10.2. The zero-order valence-electron chi connectivity index (χ0n) is 9.55. The van der Waals surface area contributed by atoms with Gasteiger partial charge in [-0.2, -0.15) is 0 Å². The Labute approximate surface area is 107 Å². The Bertz CT molecular complexity index is 590. The molecule has 0 saturated carbocycles. The van der Waals surface area contributed by atoms with Crippen molar-refractivity contribution >= 4 is 17.3 Å². The van der Waals surface area contributed by atoms with Crippen LogP contribution in [0.2, 0.25) is 0 Å². The van der Waals surface area contributed by atoms with Crippen LogP contribution < -0.4 is 5.56 Å². The average Bonchev–Trinajstić information content (AvgIpc) is 2.80. The number of carbonyl (C=O) groups is 1. The van der Waals surface area contributed by atoms with E-state index in [-0.39, 0.29) is 18.4 Å². The minimum atomic E-state index is -0.919. The molecule has 0 unspecified atom stereocenters. The van der Waals surface area contributed by atoms with Crippen molar-refractivity contribution in [2.24, 2.45) is 0 Å². The normalized spacial score (nSPS) is 10.4. The molecule has 2 aromatic heterocycles. The summed E-state index contributed by atoms with van der Waals surface area (Å²) >= 11 is 1.60. The van der Waals surface area contributed by atoms with Gasteiger partial charge in [0.05, 0.1) is 0 Å². The van der Waals surface area contributed by atoms with Gasteiger partial charge < -0.3 is 10.1 Å². The predicted octanol–water partition coefficient (Wildman–Crippen LogP) is 1.44. The Hall–Kier alpha value is -1.95. The maximum atomic E-state index is 11.7. The van der Waals surface area contributed by atoms with Crippen LogP contribution in [0.1, 0.15) is 22.7 Å². The van der Waals surface area contributed by atoms with Crippen molar-refractivity contribution in [2.75, 3.05) is 0 Å². The van der Waals surface area contributed by atoms with Gasteiger partial charge in [-0.25, -0.2) is 4.98 Å². The molecule has 2 N–H and O–H groups in total. The van der Waals surface area contributed by atoms with E-state index < -0.39 is 5.97 Å². The lowest BCUT2D eigenvalue weighted by molar-refractivity contribution is -0.136. The number of hydrogen-bond acceptors (Lipinski definition) is 4. The maximum absolute atomic E-state index is 11.7. The second-order valence-corrected chi connectivity index (χ2v) is 4.87. The van der Waals surface area contributed by atoms with Gasteiger partial charge in [-0.05, 0) is 17.9 Å². The minimum Gasteiger partial charge on any atom is -0.481 e. The number of aryl methyl sites for hydroxylation is 1. The van der Waals surface area contributed by atoms with Crippen LogP contribution in [0.25, 0.3) is 0 Å². The van der Waals surface area contributed by atoms with Crippen molar-refractivity contribution in [3.05, 3.63) is 50.3 Å². The highest BCUT2D eigenvalue weighted by atomic mass is 32.1. The van der Waals surface area contributed by atoms with Crippen LogP contribution in [0.5, 0.6) is 0 Å². The summed E-state index contributed by atoms with van der Waals surface area (Å²) in [4.78, 5) is 30.1. The molecule has 0 saturated heterocycles. The summed E-state index contributed by atoms with van der Waals surface area (Å²) in [6, 6.07) is 3.92. The number of nitrogens with zero attached hydrogens (tertiary/aromatic N) is 1. The lowest BCUT2D eigenvalue weighted by Crippen LogP contribution is -2.17. The molecule has 0 amide bonds. The molecule has 0 aliphatic carbocycles. The first-order valence-electron chi connectivity index (χ1n) is 5.46. The summed E-state index contributed by atoms with van der Waals surface area (Å²) in [6.07, 6.45) is 2.20. The SMILES string of the molecule is O=C(O)CCc1cnc(Cc2cccs2)[nH]c1=O. The quantitative estimate of drug-likeness (QED) is 0.856. The molecular weight excluding hydrogens is 252 g/mol. The summed E-state index contributed by atoms with van der Waals surface area (Å²) < 4.78 is 0. The zero-order chi connectivity index (χ0) is 13.0. The van der Waals surface area contributed by atoms with E-state index in [9.17, 15) is 9.59 Å². The Morgan fingerprint density at radius 1 is 1.50 bits per heavy atom. The Morgan fingerprint density at radius 2 is 2.33 bits per heavy atom. The van der Waals surface area contributed by atoms with Crippen LogP contribution in [-0.4, -0.2) is 21.0 Å². The largest absolute Gasteiger partial charge is 0.481 e. The summed E-state index contributed by atoms with van der Waals surface area (Å²) in [5.41, 5.74) is 0.158. The molecule has 0 bridgehead atoms. The van der Waals surface area contributed by atoms with Crippen molar-refractivity contribution in [2.45, 2.75) is 19.3 Å². The van der Waals surface area contributed by atoms with E-state index in [0.717, 1.165) is 4.88 Å². The van der Waals surface area contributed by atoms with Gasteiger partial charge in [-0.3, -0.25) is 9.59 Å². The second-order valence-electron chi connectivity index (χ2n) is 3.83. The molecule has 2 rings (SSSR count). The van der Waals surface area contributed by atoms with E-state index in [2.05, 4.69) is 9.97 Å². The standard InChI is InChI=1S/C12H12N2O3S/c15-11(16)4-3-8-7-13-10(14-12(8)17)6-9-2-1-5-18-9/h1-2,5,7H,3-4,6H2,(H,15,16)(H,13,14,17). The molecule has 0 aliphatic rings. The van der Waals surface area contributed by atoms with Crippen molar-refractivity contribution in [1.82, 2.24) is 9.97 Å². The molecule has 2 aromatic rings. The van der Waals surface area contributed by atoms with Crippen LogP contribution in [0.15, 0.2) is 28.5 Å².